The van der Waals surface area contributed by atoms with Crippen molar-refractivity contribution in [2.75, 3.05) is 26.2 Å². The van der Waals surface area contributed by atoms with Crippen molar-refractivity contribution in [1.29, 1.82) is 0 Å². The van der Waals surface area contributed by atoms with Crippen molar-refractivity contribution < 1.29 is 4.52 Å². The number of aromatic nitrogens is 2. The molecule has 0 spiro atoms. The summed E-state index contributed by atoms with van der Waals surface area (Å²) in [6, 6.07) is 6.06. The summed E-state index contributed by atoms with van der Waals surface area (Å²) in [6.07, 6.45) is 0. The first-order chi connectivity index (χ1) is 10.1. The molecule has 0 aliphatic carbocycles. The second kappa shape index (κ2) is 6.56. The minimum absolute atomic E-state index is 0.166. The zero-order valence-electron chi connectivity index (χ0n) is 11.6. The molecule has 21 heavy (non-hydrogen) atoms. The molecule has 0 saturated carbocycles. The van der Waals surface area contributed by atoms with Crippen LogP contribution in [-0.4, -0.2) is 41.2 Å². The van der Waals surface area contributed by atoms with Crippen molar-refractivity contribution in [3.05, 3.63) is 33.0 Å². The third-order valence-corrected chi connectivity index (χ3v) is 4.83. The summed E-state index contributed by atoms with van der Waals surface area (Å²) >= 11 is 6.97. The number of nitrogens with one attached hydrogen (secondary N) is 1. The van der Waals surface area contributed by atoms with Crippen molar-refractivity contribution >= 4 is 31.9 Å². The Morgan fingerprint density at radius 1 is 1.29 bits per heavy atom. The predicted octanol–water partition coefficient (Wildman–Crippen LogP) is 3.23. The van der Waals surface area contributed by atoms with Gasteiger partial charge in [-0.25, -0.2) is 0 Å². The summed E-state index contributed by atoms with van der Waals surface area (Å²) in [6.45, 7) is 6.15. The lowest BCUT2D eigenvalue weighted by Gasteiger charge is -2.30. The maximum absolute atomic E-state index is 5.43. The van der Waals surface area contributed by atoms with E-state index in [0.717, 1.165) is 46.5 Å². The van der Waals surface area contributed by atoms with E-state index in [-0.39, 0.29) is 6.04 Å². The van der Waals surface area contributed by atoms with Gasteiger partial charge in [-0.1, -0.05) is 21.1 Å². The summed E-state index contributed by atoms with van der Waals surface area (Å²) in [7, 11) is 0. The van der Waals surface area contributed by atoms with E-state index in [1.807, 2.05) is 18.2 Å². The fraction of sp³-hybridized carbons (Fsp3) is 0.429. The molecule has 3 rings (SSSR count). The average molecular weight is 416 g/mol. The van der Waals surface area contributed by atoms with Gasteiger partial charge < -0.3 is 9.84 Å². The molecule has 2 heterocycles. The quantitative estimate of drug-likeness (QED) is 0.833. The van der Waals surface area contributed by atoms with Crippen molar-refractivity contribution in [3.63, 3.8) is 0 Å². The van der Waals surface area contributed by atoms with Crippen LogP contribution in [0.1, 0.15) is 18.8 Å². The van der Waals surface area contributed by atoms with Gasteiger partial charge in [0.15, 0.2) is 5.82 Å². The van der Waals surface area contributed by atoms with Crippen LogP contribution in [0.2, 0.25) is 0 Å². The average Bonchev–Trinajstić information content (AvgIpc) is 2.97. The van der Waals surface area contributed by atoms with Gasteiger partial charge in [-0.15, -0.1) is 0 Å². The molecule has 0 radical (unpaired) electrons. The van der Waals surface area contributed by atoms with E-state index in [2.05, 4.69) is 59.1 Å². The van der Waals surface area contributed by atoms with E-state index in [1.54, 1.807) is 0 Å². The molecule has 1 aliphatic rings. The van der Waals surface area contributed by atoms with Crippen LogP contribution >= 0.6 is 31.9 Å². The van der Waals surface area contributed by atoms with E-state index < -0.39 is 0 Å². The topological polar surface area (TPSA) is 54.2 Å². The summed E-state index contributed by atoms with van der Waals surface area (Å²) < 4.78 is 7.37. The highest BCUT2D eigenvalue weighted by Gasteiger charge is 2.23. The smallest absolute Gasteiger partial charge is 0.259 e. The summed E-state index contributed by atoms with van der Waals surface area (Å²) in [5.74, 6) is 1.29. The molecular weight excluding hydrogens is 400 g/mol. The number of nitrogens with zero attached hydrogens (tertiary/aromatic N) is 3. The Balaban J connectivity index is 1.82. The Morgan fingerprint density at radius 2 is 2.05 bits per heavy atom. The van der Waals surface area contributed by atoms with Gasteiger partial charge in [0.05, 0.1) is 11.6 Å². The van der Waals surface area contributed by atoms with Gasteiger partial charge in [-0.3, -0.25) is 4.90 Å². The zero-order chi connectivity index (χ0) is 14.8. The summed E-state index contributed by atoms with van der Waals surface area (Å²) in [4.78, 5) is 6.92. The summed E-state index contributed by atoms with van der Waals surface area (Å²) in [5.41, 5.74) is 0.907. The van der Waals surface area contributed by atoms with E-state index in [9.17, 15) is 0 Å². The molecule has 2 aromatic rings. The molecule has 1 atom stereocenters. The lowest BCUT2D eigenvalue weighted by atomic mass is 10.2. The molecule has 1 N–H and O–H groups in total. The third kappa shape index (κ3) is 3.36. The maximum atomic E-state index is 5.43. The third-order valence-electron chi connectivity index (χ3n) is 3.68. The fourth-order valence-electron chi connectivity index (χ4n) is 2.41. The Labute approximate surface area is 140 Å². The standard InChI is InChI=1S/C14H16Br2N4O/c1-9(20-6-4-17-5-7-20)13-18-14(21-19-13)11-3-2-10(15)8-12(11)16/h2-3,8-9,17H,4-7H2,1H3. The number of rotatable bonds is 3. The number of hydrogen-bond acceptors (Lipinski definition) is 5. The number of hydrogen-bond donors (Lipinski definition) is 1. The van der Waals surface area contributed by atoms with Crippen LogP contribution in [0.4, 0.5) is 0 Å². The zero-order valence-corrected chi connectivity index (χ0v) is 14.8. The largest absolute Gasteiger partial charge is 0.334 e. The molecule has 112 valence electrons. The fourth-order valence-corrected chi connectivity index (χ4v) is 3.63. The van der Waals surface area contributed by atoms with Gasteiger partial charge in [0.2, 0.25) is 0 Å². The molecule has 1 aromatic heterocycles. The lowest BCUT2D eigenvalue weighted by molar-refractivity contribution is 0.176. The van der Waals surface area contributed by atoms with Gasteiger partial charge in [0.1, 0.15) is 0 Å². The Kier molecular flexibility index (Phi) is 4.73. The highest BCUT2D eigenvalue weighted by atomic mass is 79.9. The molecule has 5 nitrogen and oxygen atoms in total. The van der Waals surface area contributed by atoms with Crippen molar-refractivity contribution in [2.45, 2.75) is 13.0 Å². The van der Waals surface area contributed by atoms with Crippen LogP contribution in [0.25, 0.3) is 11.5 Å². The van der Waals surface area contributed by atoms with Crippen molar-refractivity contribution in [1.82, 2.24) is 20.4 Å². The minimum atomic E-state index is 0.166. The van der Waals surface area contributed by atoms with Gasteiger partial charge in [0.25, 0.3) is 5.89 Å². The first-order valence-corrected chi connectivity index (χ1v) is 8.47. The van der Waals surface area contributed by atoms with Gasteiger partial charge in [-0.2, -0.15) is 4.98 Å². The van der Waals surface area contributed by atoms with Crippen LogP contribution < -0.4 is 5.32 Å². The number of benzene rings is 1. The molecule has 1 saturated heterocycles. The molecule has 0 bridgehead atoms. The number of piperazine rings is 1. The molecule has 7 heteroatoms. The highest BCUT2D eigenvalue weighted by molar-refractivity contribution is 9.11. The second-order valence-electron chi connectivity index (χ2n) is 5.04. The molecule has 1 aromatic carbocycles. The Hall–Kier alpha value is -0.760. The van der Waals surface area contributed by atoms with E-state index in [1.165, 1.54) is 0 Å². The van der Waals surface area contributed by atoms with Crippen molar-refractivity contribution in [3.8, 4) is 11.5 Å². The molecule has 0 amide bonds. The van der Waals surface area contributed by atoms with E-state index in [0.29, 0.717) is 5.89 Å². The first-order valence-electron chi connectivity index (χ1n) is 6.89. The van der Waals surface area contributed by atoms with E-state index >= 15 is 0 Å². The van der Waals surface area contributed by atoms with E-state index in [4.69, 9.17) is 4.52 Å². The predicted molar refractivity (Wildman–Crippen MR) is 88.0 cm³/mol. The van der Waals surface area contributed by atoms with Crippen LogP contribution in [0.3, 0.4) is 0 Å². The maximum Gasteiger partial charge on any atom is 0.259 e. The molecule has 1 fully saturated rings. The van der Waals surface area contributed by atoms with Gasteiger partial charge >= 0.3 is 0 Å². The Morgan fingerprint density at radius 3 is 2.76 bits per heavy atom. The molecule has 1 unspecified atom stereocenters. The van der Waals surface area contributed by atoms with Crippen molar-refractivity contribution in [2.24, 2.45) is 0 Å². The lowest BCUT2D eigenvalue weighted by Crippen LogP contribution is -2.44. The Bertz CT molecular complexity index is 625. The van der Waals surface area contributed by atoms with Crippen LogP contribution in [0.5, 0.6) is 0 Å². The summed E-state index contributed by atoms with van der Waals surface area (Å²) in [5, 5.41) is 7.50. The molecule has 1 aliphatic heterocycles. The number of halogens is 2. The second-order valence-corrected chi connectivity index (χ2v) is 6.81. The van der Waals surface area contributed by atoms with Gasteiger partial charge in [-0.05, 0) is 41.1 Å². The first kappa shape index (κ1) is 15.1. The monoisotopic (exact) mass is 414 g/mol. The van der Waals surface area contributed by atoms with Crippen LogP contribution in [-0.2, 0) is 0 Å². The minimum Gasteiger partial charge on any atom is -0.334 e. The molecular formula is C14H16Br2N4O. The normalized spacial score (nSPS) is 17.9. The SMILES string of the molecule is CC(c1noc(-c2ccc(Br)cc2Br)n1)N1CCNCC1. The van der Waals surface area contributed by atoms with Crippen LogP contribution in [0, 0.1) is 0 Å². The highest BCUT2D eigenvalue weighted by Crippen LogP contribution is 2.30. The van der Waals surface area contributed by atoms with Gasteiger partial charge in [0, 0.05) is 35.1 Å². The van der Waals surface area contributed by atoms with Crippen LogP contribution in [0.15, 0.2) is 31.7 Å².